The average Bonchev–Trinajstić information content (AvgIpc) is 3.14. The van der Waals surface area contributed by atoms with E-state index in [0.717, 1.165) is 0 Å². The van der Waals surface area contributed by atoms with E-state index in [1.165, 1.54) is 25.3 Å². The summed E-state index contributed by atoms with van der Waals surface area (Å²) in [5.41, 5.74) is -0.645. The molecule has 0 unspecified atom stereocenters. The Hall–Kier alpha value is -3.26. The smallest absolute Gasteiger partial charge is 0.356 e. The predicted molar refractivity (Wildman–Crippen MR) is 91.5 cm³/mol. The normalized spacial score (nSPS) is 20.0. The zero-order valence-electron chi connectivity index (χ0n) is 13.9. The number of carbonyl (C=O) groups excluding carboxylic acids is 1. The molecule has 0 spiro atoms. The molecule has 2 aromatic carbocycles. The van der Waals surface area contributed by atoms with Crippen LogP contribution in [0, 0.1) is 10.1 Å². The average molecular weight is 356 g/mol. The van der Waals surface area contributed by atoms with Crippen molar-refractivity contribution in [1.82, 2.24) is 0 Å². The van der Waals surface area contributed by atoms with Gasteiger partial charge in [0.25, 0.3) is 11.3 Å². The topological polar surface area (TPSA) is 111 Å². The number of aliphatic hydroxyl groups is 1. The van der Waals surface area contributed by atoms with E-state index in [4.69, 9.17) is 9.57 Å². The molecule has 1 aliphatic heterocycles. The molecule has 8 nitrogen and oxygen atoms in total. The summed E-state index contributed by atoms with van der Waals surface area (Å²) < 4.78 is 4.82. The van der Waals surface area contributed by atoms with Gasteiger partial charge in [-0.1, -0.05) is 47.6 Å². The van der Waals surface area contributed by atoms with Crippen molar-refractivity contribution in [1.29, 1.82) is 0 Å². The van der Waals surface area contributed by atoms with Gasteiger partial charge in [0, 0.05) is 17.7 Å². The van der Waals surface area contributed by atoms with Crippen molar-refractivity contribution < 1.29 is 24.4 Å². The second-order valence-corrected chi connectivity index (χ2v) is 5.81. The molecule has 1 N–H and O–H groups in total. The first-order valence-corrected chi connectivity index (χ1v) is 7.79. The standard InChI is InChI=1S/C18H16N2O6/c1-25-17(22)18(16(21)12-6-3-2-4-7-12)11-15(19-26-18)13-8-5-9-14(10-13)20(23)24/h2-10,16,21H,11H2,1H3/t16-,18+/m1/s1. The van der Waals surface area contributed by atoms with Gasteiger partial charge in [-0.05, 0) is 5.56 Å². The Morgan fingerprint density at radius 3 is 2.69 bits per heavy atom. The SMILES string of the molecule is COC(=O)[C@@]1([C@H](O)c2ccccc2)CC(c2cccc([N+](=O)[O-])c2)=NO1. The Balaban J connectivity index is 1.94. The number of carbonyl (C=O) groups is 1. The molecule has 0 fully saturated rings. The first-order chi connectivity index (χ1) is 12.5. The summed E-state index contributed by atoms with van der Waals surface area (Å²) in [6, 6.07) is 14.4. The highest BCUT2D eigenvalue weighted by Crippen LogP contribution is 2.39. The van der Waals surface area contributed by atoms with Crippen LogP contribution in [0.2, 0.25) is 0 Å². The maximum Gasteiger partial charge on any atom is 0.356 e. The van der Waals surface area contributed by atoms with Crippen LogP contribution in [-0.4, -0.2) is 34.4 Å². The van der Waals surface area contributed by atoms with Crippen molar-refractivity contribution >= 4 is 17.4 Å². The van der Waals surface area contributed by atoms with Crippen molar-refractivity contribution in [2.45, 2.75) is 18.1 Å². The van der Waals surface area contributed by atoms with Gasteiger partial charge in [-0.2, -0.15) is 0 Å². The van der Waals surface area contributed by atoms with Crippen molar-refractivity contribution in [3.63, 3.8) is 0 Å². The second kappa shape index (κ2) is 6.93. The quantitative estimate of drug-likeness (QED) is 0.500. The van der Waals surface area contributed by atoms with Crippen LogP contribution in [0.3, 0.4) is 0 Å². The highest BCUT2D eigenvalue weighted by Gasteiger charge is 2.54. The van der Waals surface area contributed by atoms with Gasteiger partial charge in [-0.25, -0.2) is 4.79 Å². The van der Waals surface area contributed by atoms with Gasteiger partial charge in [0.2, 0.25) is 0 Å². The Bertz CT molecular complexity index is 867. The van der Waals surface area contributed by atoms with Crippen LogP contribution in [0.25, 0.3) is 0 Å². The Labute approximate surface area is 148 Å². The van der Waals surface area contributed by atoms with E-state index < -0.39 is 22.6 Å². The number of nitro benzene ring substituents is 1. The van der Waals surface area contributed by atoms with Gasteiger partial charge in [0.05, 0.1) is 24.2 Å². The van der Waals surface area contributed by atoms with E-state index in [2.05, 4.69) is 5.16 Å². The van der Waals surface area contributed by atoms with E-state index in [1.54, 1.807) is 36.4 Å². The summed E-state index contributed by atoms with van der Waals surface area (Å²) in [6.07, 6.45) is -1.41. The van der Waals surface area contributed by atoms with Gasteiger partial charge < -0.3 is 14.7 Å². The third-order valence-electron chi connectivity index (χ3n) is 4.23. The maximum absolute atomic E-state index is 12.4. The number of hydrogen-bond acceptors (Lipinski definition) is 7. The molecule has 26 heavy (non-hydrogen) atoms. The van der Waals surface area contributed by atoms with Gasteiger partial charge in [0.1, 0.15) is 6.10 Å². The Morgan fingerprint density at radius 1 is 1.31 bits per heavy atom. The molecule has 0 saturated heterocycles. The minimum atomic E-state index is -1.75. The van der Waals surface area contributed by atoms with E-state index >= 15 is 0 Å². The lowest BCUT2D eigenvalue weighted by molar-refractivity contribution is -0.384. The first kappa shape index (κ1) is 17.6. The summed E-state index contributed by atoms with van der Waals surface area (Å²) in [6.45, 7) is 0. The molecular formula is C18H16N2O6. The number of rotatable bonds is 5. The number of oxime groups is 1. The molecule has 0 amide bonds. The Morgan fingerprint density at radius 2 is 2.04 bits per heavy atom. The Kier molecular flexibility index (Phi) is 4.68. The molecule has 2 atom stereocenters. The molecule has 2 aromatic rings. The van der Waals surface area contributed by atoms with Crippen molar-refractivity contribution in [2.75, 3.05) is 7.11 Å². The highest BCUT2D eigenvalue weighted by molar-refractivity contribution is 6.05. The second-order valence-electron chi connectivity index (χ2n) is 5.81. The van der Waals surface area contributed by atoms with Crippen molar-refractivity contribution in [2.24, 2.45) is 5.16 Å². The molecular weight excluding hydrogens is 340 g/mol. The third kappa shape index (κ3) is 3.02. The van der Waals surface area contributed by atoms with E-state index in [-0.39, 0.29) is 12.1 Å². The maximum atomic E-state index is 12.4. The van der Waals surface area contributed by atoms with Crippen LogP contribution in [0.15, 0.2) is 59.8 Å². The molecule has 0 saturated carbocycles. The molecule has 1 aliphatic rings. The van der Waals surface area contributed by atoms with E-state index in [0.29, 0.717) is 16.8 Å². The number of methoxy groups -OCH3 is 1. The monoisotopic (exact) mass is 356 g/mol. The lowest BCUT2D eigenvalue weighted by Gasteiger charge is -2.29. The summed E-state index contributed by atoms with van der Waals surface area (Å²) >= 11 is 0. The largest absolute Gasteiger partial charge is 0.466 e. The summed E-state index contributed by atoms with van der Waals surface area (Å²) in [4.78, 5) is 28.2. The molecule has 8 heteroatoms. The number of aliphatic hydroxyl groups excluding tert-OH is 1. The lowest BCUT2D eigenvalue weighted by Crippen LogP contribution is -2.45. The number of ether oxygens (including phenoxy) is 1. The van der Waals surface area contributed by atoms with Crippen molar-refractivity contribution in [3.05, 3.63) is 75.8 Å². The fourth-order valence-corrected chi connectivity index (χ4v) is 2.85. The summed E-state index contributed by atoms with van der Waals surface area (Å²) in [7, 11) is 1.19. The number of benzene rings is 2. The summed E-state index contributed by atoms with van der Waals surface area (Å²) in [5.74, 6) is -0.780. The minimum absolute atomic E-state index is 0.0864. The van der Waals surface area contributed by atoms with Crippen LogP contribution >= 0.6 is 0 Å². The molecule has 3 rings (SSSR count). The van der Waals surface area contributed by atoms with Gasteiger partial charge >= 0.3 is 5.97 Å². The fourth-order valence-electron chi connectivity index (χ4n) is 2.85. The number of nitrogens with zero attached hydrogens (tertiary/aromatic N) is 2. The number of nitro groups is 1. The number of hydrogen-bond donors (Lipinski definition) is 1. The predicted octanol–water partition coefficient (Wildman–Crippen LogP) is 2.36. The van der Waals surface area contributed by atoms with Crippen LogP contribution in [0.5, 0.6) is 0 Å². The molecule has 0 aliphatic carbocycles. The molecule has 0 radical (unpaired) electrons. The summed E-state index contributed by atoms with van der Waals surface area (Å²) in [5, 5.41) is 25.6. The van der Waals surface area contributed by atoms with Gasteiger partial charge in [-0.15, -0.1) is 0 Å². The first-order valence-electron chi connectivity index (χ1n) is 7.79. The number of non-ortho nitro benzene ring substituents is 1. The zero-order chi connectivity index (χ0) is 18.7. The van der Waals surface area contributed by atoms with Gasteiger partial charge in [0.15, 0.2) is 0 Å². The molecule has 1 heterocycles. The van der Waals surface area contributed by atoms with Crippen molar-refractivity contribution in [3.8, 4) is 0 Å². The number of esters is 1. The molecule has 134 valence electrons. The van der Waals surface area contributed by atoms with Crippen LogP contribution in [0.4, 0.5) is 5.69 Å². The van der Waals surface area contributed by atoms with Crippen LogP contribution in [0.1, 0.15) is 23.7 Å². The lowest BCUT2D eigenvalue weighted by atomic mass is 9.85. The van der Waals surface area contributed by atoms with Gasteiger partial charge in [-0.3, -0.25) is 10.1 Å². The van der Waals surface area contributed by atoms with E-state index in [9.17, 15) is 20.0 Å². The van der Waals surface area contributed by atoms with E-state index in [1.807, 2.05) is 0 Å². The third-order valence-corrected chi connectivity index (χ3v) is 4.23. The van der Waals surface area contributed by atoms with Crippen LogP contribution in [-0.2, 0) is 14.4 Å². The molecule has 0 bridgehead atoms. The highest BCUT2D eigenvalue weighted by atomic mass is 16.7. The van der Waals surface area contributed by atoms with Crippen LogP contribution < -0.4 is 0 Å². The minimum Gasteiger partial charge on any atom is -0.466 e. The fraction of sp³-hybridized carbons (Fsp3) is 0.222. The zero-order valence-corrected chi connectivity index (χ0v) is 13.9. The molecule has 0 aromatic heterocycles.